The molecule has 0 radical (unpaired) electrons. The van der Waals surface area contributed by atoms with E-state index in [-0.39, 0.29) is 23.5 Å². The molecule has 3 aliphatic carbocycles. The number of carboxylic acid groups (broad SMARTS) is 1. The summed E-state index contributed by atoms with van der Waals surface area (Å²) in [7, 11) is 1.70. The highest BCUT2D eigenvalue weighted by molar-refractivity contribution is 5.87. The van der Waals surface area contributed by atoms with E-state index in [0.29, 0.717) is 23.3 Å². The highest BCUT2D eigenvalue weighted by Gasteiger charge is 2.31. The molecule has 3 rings (SSSR count). The van der Waals surface area contributed by atoms with Gasteiger partial charge in [-0.1, -0.05) is 49.5 Å². The maximum atomic E-state index is 11.3. The van der Waals surface area contributed by atoms with E-state index in [2.05, 4.69) is 0 Å². The van der Waals surface area contributed by atoms with Crippen LogP contribution in [0, 0.1) is 17.8 Å². The van der Waals surface area contributed by atoms with Crippen LogP contribution in [0.25, 0.3) is 0 Å². The van der Waals surface area contributed by atoms with Gasteiger partial charge in [-0.25, -0.2) is 4.79 Å². The number of nitrogens with zero attached hydrogens (tertiary/aromatic N) is 1. The van der Waals surface area contributed by atoms with E-state index in [1.54, 1.807) is 24.1 Å². The molecule has 0 aliphatic heterocycles. The molecule has 5 heteroatoms. The Labute approximate surface area is 147 Å². The minimum atomic E-state index is -1.06. The van der Waals surface area contributed by atoms with Gasteiger partial charge in [0, 0.05) is 35.7 Å². The number of allylic oxidation sites excluding steroid dienone is 7. The summed E-state index contributed by atoms with van der Waals surface area (Å²) in [6, 6.07) is 0. The average Bonchev–Trinajstić information content (AvgIpc) is 2.60. The van der Waals surface area contributed by atoms with Crippen molar-refractivity contribution < 1.29 is 20.1 Å². The van der Waals surface area contributed by atoms with Gasteiger partial charge >= 0.3 is 5.97 Å². The van der Waals surface area contributed by atoms with Gasteiger partial charge in [-0.3, -0.25) is 0 Å². The topological polar surface area (TPSA) is 81.0 Å². The van der Waals surface area contributed by atoms with Gasteiger partial charge in [0.25, 0.3) is 0 Å². The van der Waals surface area contributed by atoms with E-state index >= 15 is 0 Å². The number of carbonyl (C=O) groups is 1. The van der Waals surface area contributed by atoms with Gasteiger partial charge in [-0.15, -0.1) is 0 Å². The van der Waals surface area contributed by atoms with Crippen LogP contribution in [0.4, 0.5) is 0 Å². The van der Waals surface area contributed by atoms with Crippen LogP contribution in [0.2, 0.25) is 0 Å². The molecule has 5 nitrogen and oxygen atoms in total. The summed E-state index contributed by atoms with van der Waals surface area (Å²) >= 11 is 0. The summed E-state index contributed by atoms with van der Waals surface area (Å²) in [6.45, 7) is 1.94. The van der Waals surface area contributed by atoms with Crippen molar-refractivity contribution in [1.82, 2.24) is 4.90 Å². The van der Waals surface area contributed by atoms with Crippen LogP contribution in [0.5, 0.6) is 0 Å². The standard InChI is InChI=1S/C20H23NO4/c1-12-9-14(20(24)25)11-15(10-12)21(2)19(23)17-8-7-13-5-3-4-6-16(13)18(17)22/h3-8,10-13,16,19,22-23H,9H2,1-2H3,(H,24,25). The fraction of sp³-hybridized carbons (Fsp3) is 0.350. The number of likely N-dealkylation sites (N-methyl/N-ethyl adjacent to an activating group) is 1. The molecule has 0 heterocycles. The smallest absolute Gasteiger partial charge is 0.331 e. The zero-order valence-corrected chi connectivity index (χ0v) is 14.3. The predicted molar refractivity (Wildman–Crippen MR) is 95.4 cm³/mol. The fourth-order valence-corrected chi connectivity index (χ4v) is 3.49. The third-order valence-corrected chi connectivity index (χ3v) is 4.93. The van der Waals surface area contributed by atoms with Gasteiger partial charge in [0.05, 0.1) is 0 Å². The minimum absolute atomic E-state index is 0.0704. The number of rotatable bonds is 4. The maximum absolute atomic E-state index is 11.3. The lowest BCUT2D eigenvalue weighted by molar-refractivity contribution is -0.132. The monoisotopic (exact) mass is 341 g/mol. The Kier molecular flexibility index (Phi) is 4.68. The summed E-state index contributed by atoms with van der Waals surface area (Å²) in [5.41, 5.74) is 1.40. The van der Waals surface area contributed by atoms with Gasteiger partial charge < -0.3 is 20.2 Å². The van der Waals surface area contributed by atoms with E-state index in [0.717, 1.165) is 0 Å². The van der Waals surface area contributed by atoms with Crippen LogP contribution in [-0.2, 0) is 4.79 Å². The minimum Gasteiger partial charge on any atom is -0.511 e. The highest BCUT2D eigenvalue weighted by atomic mass is 16.4. The van der Waals surface area contributed by atoms with Gasteiger partial charge in [0.2, 0.25) is 0 Å². The van der Waals surface area contributed by atoms with Crippen LogP contribution >= 0.6 is 0 Å². The molecular weight excluding hydrogens is 318 g/mol. The Morgan fingerprint density at radius 1 is 1.28 bits per heavy atom. The van der Waals surface area contributed by atoms with Crippen molar-refractivity contribution in [1.29, 1.82) is 0 Å². The van der Waals surface area contributed by atoms with Crippen molar-refractivity contribution >= 4 is 5.97 Å². The Balaban J connectivity index is 1.86. The van der Waals surface area contributed by atoms with E-state index in [1.165, 1.54) is 0 Å². The lowest BCUT2D eigenvalue weighted by Gasteiger charge is -2.34. The number of aliphatic hydroxyl groups is 2. The molecule has 0 saturated heterocycles. The number of aliphatic hydroxyl groups excluding tert-OH is 2. The first-order valence-corrected chi connectivity index (χ1v) is 8.41. The Bertz CT molecular complexity index is 754. The van der Waals surface area contributed by atoms with Crippen LogP contribution < -0.4 is 0 Å². The molecule has 25 heavy (non-hydrogen) atoms. The van der Waals surface area contributed by atoms with E-state index in [4.69, 9.17) is 0 Å². The molecule has 0 bridgehead atoms. The number of hydrogen-bond acceptors (Lipinski definition) is 4. The average molecular weight is 341 g/mol. The first-order chi connectivity index (χ1) is 11.9. The summed E-state index contributed by atoms with van der Waals surface area (Å²) in [6.07, 6.45) is 14.4. The predicted octanol–water partition coefficient (Wildman–Crippen LogP) is 2.91. The third kappa shape index (κ3) is 3.33. The van der Waals surface area contributed by atoms with E-state index in [9.17, 15) is 20.1 Å². The summed E-state index contributed by atoms with van der Waals surface area (Å²) in [4.78, 5) is 12.9. The van der Waals surface area contributed by atoms with Gasteiger partial charge in [-0.2, -0.15) is 0 Å². The molecule has 0 amide bonds. The molecule has 0 fully saturated rings. The normalized spacial score (nSPS) is 29.0. The molecule has 0 spiro atoms. The van der Waals surface area contributed by atoms with Gasteiger partial charge in [0.15, 0.2) is 6.23 Å². The Morgan fingerprint density at radius 3 is 2.72 bits per heavy atom. The largest absolute Gasteiger partial charge is 0.511 e. The van der Waals surface area contributed by atoms with Crippen LogP contribution in [0.15, 0.2) is 71.2 Å². The van der Waals surface area contributed by atoms with Crippen LogP contribution in [0.1, 0.15) is 13.3 Å². The molecule has 132 valence electrons. The van der Waals surface area contributed by atoms with Crippen molar-refractivity contribution in [2.24, 2.45) is 17.8 Å². The summed E-state index contributed by atoms with van der Waals surface area (Å²) in [5, 5.41) is 30.6. The molecule has 0 saturated carbocycles. The molecule has 0 aromatic rings. The third-order valence-electron chi connectivity index (χ3n) is 4.93. The van der Waals surface area contributed by atoms with Gasteiger partial charge in [0.1, 0.15) is 5.76 Å². The van der Waals surface area contributed by atoms with Crippen molar-refractivity contribution in [2.45, 2.75) is 19.6 Å². The fourth-order valence-electron chi connectivity index (χ4n) is 3.49. The number of fused-ring (bicyclic) bond motifs is 1. The summed E-state index contributed by atoms with van der Waals surface area (Å²) < 4.78 is 0. The lowest BCUT2D eigenvalue weighted by Crippen LogP contribution is -2.35. The summed E-state index contributed by atoms with van der Waals surface area (Å²) in [5.74, 6) is -0.793. The first kappa shape index (κ1) is 17.3. The Morgan fingerprint density at radius 2 is 2.00 bits per heavy atom. The number of hydrogen-bond donors (Lipinski definition) is 3. The van der Waals surface area contributed by atoms with Gasteiger partial charge in [-0.05, 0) is 18.4 Å². The van der Waals surface area contributed by atoms with E-state index in [1.807, 2.05) is 43.4 Å². The molecule has 4 atom stereocenters. The van der Waals surface area contributed by atoms with Crippen molar-refractivity contribution in [3.63, 3.8) is 0 Å². The number of carboxylic acids is 1. The first-order valence-electron chi connectivity index (χ1n) is 8.41. The SMILES string of the molecule is CC1C=C(N(C)C(O)C2=C(O)C3C=CC=CC3C=C2)C=C(C(=O)O)C1. The van der Waals surface area contributed by atoms with Crippen molar-refractivity contribution in [3.8, 4) is 0 Å². The molecule has 4 unspecified atom stereocenters. The second-order valence-electron chi connectivity index (χ2n) is 6.80. The second-order valence-corrected chi connectivity index (χ2v) is 6.80. The quantitative estimate of drug-likeness (QED) is 0.685. The Hall–Kier alpha value is -2.53. The molecular formula is C20H23NO4. The lowest BCUT2D eigenvalue weighted by atomic mass is 9.81. The number of aliphatic carboxylic acids is 1. The maximum Gasteiger partial charge on any atom is 0.331 e. The van der Waals surface area contributed by atoms with Crippen LogP contribution in [-0.4, -0.2) is 39.5 Å². The molecule has 0 aromatic carbocycles. The highest BCUT2D eigenvalue weighted by Crippen LogP contribution is 2.35. The second kappa shape index (κ2) is 6.76. The zero-order valence-electron chi connectivity index (χ0n) is 14.3. The molecule has 3 N–H and O–H groups in total. The molecule has 3 aliphatic rings. The molecule has 0 aromatic heterocycles. The van der Waals surface area contributed by atoms with Crippen molar-refractivity contribution in [2.75, 3.05) is 7.05 Å². The van der Waals surface area contributed by atoms with Crippen molar-refractivity contribution in [3.05, 3.63) is 71.2 Å². The van der Waals surface area contributed by atoms with E-state index < -0.39 is 12.2 Å². The zero-order chi connectivity index (χ0) is 18.1. The van der Waals surface area contributed by atoms with Crippen LogP contribution in [0.3, 0.4) is 0 Å².